The van der Waals surface area contributed by atoms with E-state index in [4.69, 9.17) is 4.74 Å². The third-order valence-electron chi connectivity index (χ3n) is 4.11. The lowest BCUT2D eigenvalue weighted by molar-refractivity contribution is 0.0951. The first-order valence-corrected chi connectivity index (χ1v) is 10.2. The molecule has 3 aromatic rings. The van der Waals surface area contributed by atoms with E-state index in [0.29, 0.717) is 11.3 Å². The Morgan fingerprint density at radius 2 is 1.69 bits per heavy atom. The van der Waals surface area contributed by atoms with Gasteiger partial charge in [0.1, 0.15) is 11.6 Å². The second kappa shape index (κ2) is 8.74. The van der Waals surface area contributed by atoms with Crippen molar-refractivity contribution >= 4 is 21.6 Å². The first-order chi connectivity index (χ1) is 13.9. The SMILES string of the molecule is COc1ccc(S(=O)(=O)Nc2cccc(C(=O)NCc3ccc(F)cc3)c2)cc1. The second-order valence-corrected chi connectivity index (χ2v) is 7.85. The fraction of sp³-hybridized carbons (Fsp3) is 0.0952. The standard InChI is InChI=1S/C21H19FN2O4S/c1-28-19-9-11-20(12-10-19)29(26,27)24-18-4-2-3-16(13-18)21(25)23-14-15-5-7-17(22)8-6-15/h2-13,24H,14H2,1H3,(H,23,25). The monoisotopic (exact) mass is 414 g/mol. The number of amides is 1. The lowest BCUT2D eigenvalue weighted by Crippen LogP contribution is -2.23. The van der Waals surface area contributed by atoms with Crippen LogP contribution >= 0.6 is 0 Å². The molecule has 8 heteroatoms. The molecule has 29 heavy (non-hydrogen) atoms. The molecule has 0 aliphatic rings. The Morgan fingerprint density at radius 1 is 1.00 bits per heavy atom. The zero-order valence-electron chi connectivity index (χ0n) is 15.6. The summed E-state index contributed by atoms with van der Waals surface area (Å²) in [6.07, 6.45) is 0. The van der Waals surface area contributed by atoms with Crippen LogP contribution in [0.15, 0.2) is 77.7 Å². The molecule has 0 heterocycles. The van der Waals surface area contributed by atoms with E-state index in [0.717, 1.165) is 5.56 Å². The van der Waals surface area contributed by atoms with E-state index in [1.54, 1.807) is 42.5 Å². The van der Waals surface area contributed by atoms with Crippen LogP contribution in [0.25, 0.3) is 0 Å². The molecule has 0 aliphatic carbocycles. The van der Waals surface area contributed by atoms with E-state index >= 15 is 0 Å². The molecule has 0 unspecified atom stereocenters. The van der Waals surface area contributed by atoms with Crippen molar-refractivity contribution in [3.8, 4) is 5.75 Å². The lowest BCUT2D eigenvalue weighted by Gasteiger charge is -2.10. The number of halogens is 1. The van der Waals surface area contributed by atoms with Gasteiger partial charge < -0.3 is 10.1 Å². The van der Waals surface area contributed by atoms with Crippen molar-refractivity contribution in [1.82, 2.24) is 5.32 Å². The summed E-state index contributed by atoms with van der Waals surface area (Å²) in [7, 11) is -2.32. The first kappa shape index (κ1) is 20.3. The molecular formula is C21H19FN2O4S. The zero-order valence-corrected chi connectivity index (χ0v) is 16.4. The summed E-state index contributed by atoms with van der Waals surface area (Å²) in [5.74, 6) is -0.180. The molecule has 2 N–H and O–H groups in total. The van der Waals surface area contributed by atoms with Gasteiger partial charge in [0.15, 0.2) is 0 Å². The van der Waals surface area contributed by atoms with Crippen molar-refractivity contribution in [2.75, 3.05) is 11.8 Å². The van der Waals surface area contributed by atoms with Crippen molar-refractivity contribution in [1.29, 1.82) is 0 Å². The second-order valence-electron chi connectivity index (χ2n) is 6.17. The van der Waals surface area contributed by atoms with Crippen LogP contribution in [-0.2, 0) is 16.6 Å². The molecule has 1 amide bonds. The van der Waals surface area contributed by atoms with Crippen molar-refractivity contribution in [2.24, 2.45) is 0 Å². The summed E-state index contributed by atoms with van der Waals surface area (Å²) in [5.41, 5.74) is 1.30. The molecule has 6 nitrogen and oxygen atoms in total. The number of sulfonamides is 1. The van der Waals surface area contributed by atoms with Crippen LogP contribution in [-0.4, -0.2) is 21.4 Å². The highest BCUT2D eigenvalue weighted by molar-refractivity contribution is 7.92. The molecule has 0 atom stereocenters. The molecule has 0 saturated carbocycles. The van der Waals surface area contributed by atoms with Gasteiger partial charge in [0.05, 0.1) is 12.0 Å². The predicted molar refractivity (Wildman–Crippen MR) is 108 cm³/mol. The van der Waals surface area contributed by atoms with Crippen molar-refractivity contribution < 1.29 is 22.3 Å². The van der Waals surface area contributed by atoms with Crippen LogP contribution in [0.2, 0.25) is 0 Å². The lowest BCUT2D eigenvalue weighted by atomic mass is 10.1. The molecular weight excluding hydrogens is 395 g/mol. The molecule has 0 spiro atoms. The van der Waals surface area contributed by atoms with Gasteiger partial charge in [-0.3, -0.25) is 9.52 Å². The highest BCUT2D eigenvalue weighted by atomic mass is 32.2. The van der Waals surface area contributed by atoms with E-state index in [-0.39, 0.29) is 28.9 Å². The quantitative estimate of drug-likeness (QED) is 0.619. The predicted octanol–water partition coefficient (Wildman–Crippen LogP) is 3.57. The molecule has 150 valence electrons. The number of anilines is 1. The number of rotatable bonds is 7. The average molecular weight is 414 g/mol. The Balaban J connectivity index is 1.69. The largest absolute Gasteiger partial charge is 0.497 e. The van der Waals surface area contributed by atoms with Crippen LogP contribution in [0.1, 0.15) is 15.9 Å². The van der Waals surface area contributed by atoms with Crippen molar-refractivity contribution in [3.63, 3.8) is 0 Å². The van der Waals surface area contributed by atoms with E-state index in [2.05, 4.69) is 10.0 Å². The highest BCUT2D eigenvalue weighted by Gasteiger charge is 2.15. The minimum Gasteiger partial charge on any atom is -0.497 e. The van der Waals surface area contributed by atoms with Crippen molar-refractivity contribution in [3.05, 3.63) is 89.7 Å². The Labute approximate surface area is 168 Å². The van der Waals surface area contributed by atoms with E-state index in [1.165, 1.54) is 37.4 Å². The highest BCUT2D eigenvalue weighted by Crippen LogP contribution is 2.20. The topological polar surface area (TPSA) is 84.5 Å². The van der Waals surface area contributed by atoms with E-state index in [9.17, 15) is 17.6 Å². The van der Waals surface area contributed by atoms with Gasteiger partial charge in [-0.1, -0.05) is 18.2 Å². The Bertz CT molecular complexity index is 1100. The summed E-state index contributed by atoms with van der Waals surface area (Å²) in [6.45, 7) is 0.223. The normalized spacial score (nSPS) is 11.0. The zero-order chi connectivity index (χ0) is 20.9. The minimum atomic E-state index is -3.81. The smallest absolute Gasteiger partial charge is 0.261 e. The van der Waals surface area contributed by atoms with Gasteiger partial charge in [-0.15, -0.1) is 0 Å². The van der Waals surface area contributed by atoms with Gasteiger partial charge >= 0.3 is 0 Å². The third kappa shape index (κ3) is 5.32. The number of hydrogen-bond donors (Lipinski definition) is 2. The Morgan fingerprint density at radius 3 is 2.34 bits per heavy atom. The van der Waals surface area contributed by atoms with Gasteiger partial charge in [0, 0.05) is 17.8 Å². The molecule has 3 rings (SSSR count). The van der Waals surface area contributed by atoms with Gasteiger partial charge in [-0.2, -0.15) is 0 Å². The van der Waals surface area contributed by atoms with Gasteiger partial charge in [0.25, 0.3) is 15.9 Å². The summed E-state index contributed by atoms with van der Waals surface area (Å²) in [4.78, 5) is 12.4. The number of methoxy groups -OCH3 is 1. The third-order valence-corrected chi connectivity index (χ3v) is 5.51. The van der Waals surface area contributed by atoms with Gasteiger partial charge in [-0.25, -0.2) is 12.8 Å². The number of carbonyl (C=O) groups is 1. The van der Waals surface area contributed by atoms with Gasteiger partial charge in [0.2, 0.25) is 0 Å². The number of carbonyl (C=O) groups excluding carboxylic acids is 1. The summed E-state index contributed by atoms with van der Waals surface area (Å²) in [6, 6.07) is 17.9. The molecule has 0 saturated heterocycles. The summed E-state index contributed by atoms with van der Waals surface area (Å²) < 4.78 is 45.5. The molecule has 0 aromatic heterocycles. The Hall–Kier alpha value is -3.39. The van der Waals surface area contributed by atoms with Crippen molar-refractivity contribution in [2.45, 2.75) is 11.4 Å². The number of ether oxygens (including phenoxy) is 1. The molecule has 0 aliphatic heterocycles. The maximum absolute atomic E-state index is 12.9. The summed E-state index contributed by atoms with van der Waals surface area (Å²) in [5, 5.41) is 2.72. The van der Waals surface area contributed by atoms with Crippen LogP contribution in [0.5, 0.6) is 5.75 Å². The van der Waals surface area contributed by atoms with Gasteiger partial charge in [-0.05, 0) is 60.2 Å². The fourth-order valence-electron chi connectivity index (χ4n) is 2.58. The maximum atomic E-state index is 12.9. The minimum absolute atomic E-state index is 0.0736. The molecule has 0 bridgehead atoms. The molecule has 0 fully saturated rings. The molecule has 3 aromatic carbocycles. The number of hydrogen-bond acceptors (Lipinski definition) is 4. The maximum Gasteiger partial charge on any atom is 0.261 e. The number of nitrogens with one attached hydrogen (secondary N) is 2. The fourth-order valence-corrected chi connectivity index (χ4v) is 3.63. The molecule has 0 radical (unpaired) electrons. The van der Waals surface area contributed by atoms with E-state index in [1.807, 2.05) is 0 Å². The first-order valence-electron chi connectivity index (χ1n) is 8.67. The number of benzene rings is 3. The van der Waals surface area contributed by atoms with E-state index < -0.39 is 10.0 Å². The summed E-state index contributed by atoms with van der Waals surface area (Å²) >= 11 is 0. The van der Waals surface area contributed by atoms with Crippen LogP contribution < -0.4 is 14.8 Å². The van der Waals surface area contributed by atoms with Crippen LogP contribution in [0.3, 0.4) is 0 Å². The van der Waals surface area contributed by atoms with Crippen LogP contribution in [0, 0.1) is 5.82 Å². The van der Waals surface area contributed by atoms with Crippen LogP contribution in [0.4, 0.5) is 10.1 Å². The average Bonchev–Trinajstić information content (AvgIpc) is 2.73. The Kier molecular flexibility index (Phi) is 6.13.